The third kappa shape index (κ3) is 1.90. The predicted molar refractivity (Wildman–Crippen MR) is 44.5 cm³/mol. The van der Waals surface area contributed by atoms with E-state index in [1.54, 1.807) is 0 Å². The molecule has 4 N–H and O–H groups in total. The normalized spacial score (nSPS) is 26.7. The largest absolute Gasteiger partial charge is 0.370 e. The molecule has 1 spiro atoms. The fraction of sp³-hybridized carbons (Fsp3) is 1.00. The molecule has 2 saturated heterocycles. The maximum absolute atomic E-state index is 5.58. The van der Waals surface area contributed by atoms with Crippen LogP contribution in [-0.2, 0) is 4.74 Å². The SMILES string of the molecule is C1COC2(CN1)CNC2.CN. The summed E-state index contributed by atoms with van der Waals surface area (Å²) in [5.74, 6) is 0. The molecule has 2 heterocycles. The highest BCUT2D eigenvalue weighted by Crippen LogP contribution is 2.16. The van der Waals surface area contributed by atoms with Crippen LogP contribution < -0.4 is 16.4 Å². The highest BCUT2D eigenvalue weighted by molar-refractivity contribution is 4.98. The van der Waals surface area contributed by atoms with E-state index in [0.717, 1.165) is 32.8 Å². The first-order chi connectivity index (χ1) is 5.41. The number of morpholine rings is 1. The van der Waals surface area contributed by atoms with Gasteiger partial charge in [0, 0.05) is 26.2 Å². The minimum Gasteiger partial charge on any atom is -0.370 e. The molecule has 66 valence electrons. The molecule has 0 saturated carbocycles. The Balaban J connectivity index is 0.000000281. The van der Waals surface area contributed by atoms with E-state index in [-0.39, 0.29) is 5.60 Å². The Bertz CT molecular complexity index is 106. The molecule has 0 radical (unpaired) electrons. The molecule has 11 heavy (non-hydrogen) atoms. The first-order valence-corrected chi connectivity index (χ1v) is 4.05. The van der Waals surface area contributed by atoms with Crippen LogP contribution in [0.3, 0.4) is 0 Å². The van der Waals surface area contributed by atoms with E-state index in [1.165, 1.54) is 7.05 Å². The van der Waals surface area contributed by atoms with Crippen molar-refractivity contribution >= 4 is 0 Å². The highest BCUT2D eigenvalue weighted by atomic mass is 16.5. The van der Waals surface area contributed by atoms with Gasteiger partial charge in [0.05, 0.1) is 6.61 Å². The van der Waals surface area contributed by atoms with Crippen LogP contribution in [0.4, 0.5) is 0 Å². The van der Waals surface area contributed by atoms with Crippen molar-refractivity contribution in [2.75, 3.05) is 39.8 Å². The number of ether oxygens (including phenoxy) is 1. The Hall–Kier alpha value is -0.160. The first kappa shape index (κ1) is 8.93. The number of nitrogens with one attached hydrogen (secondary N) is 2. The van der Waals surface area contributed by atoms with Crippen molar-refractivity contribution in [3.8, 4) is 0 Å². The minimum absolute atomic E-state index is 0.179. The van der Waals surface area contributed by atoms with Gasteiger partial charge in [0.2, 0.25) is 0 Å². The van der Waals surface area contributed by atoms with Crippen LogP contribution in [0.15, 0.2) is 0 Å². The zero-order chi connectivity index (χ0) is 8.16. The van der Waals surface area contributed by atoms with Gasteiger partial charge in [0.15, 0.2) is 0 Å². The van der Waals surface area contributed by atoms with Gasteiger partial charge in [-0.15, -0.1) is 0 Å². The molecule has 0 atom stereocenters. The van der Waals surface area contributed by atoms with Gasteiger partial charge in [-0.05, 0) is 7.05 Å². The Morgan fingerprint density at radius 1 is 1.18 bits per heavy atom. The van der Waals surface area contributed by atoms with Crippen LogP contribution in [0.2, 0.25) is 0 Å². The number of hydrogen-bond donors (Lipinski definition) is 3. The molecule has 0 unspecified atom stereocenters. The Morgan fingerprint density at radius 3 is 2.09 bits per heavy atom. The predicted octanol–water partition coefficient (Wildman–Crippen LogP) is -1.48. The van der Waals surface area contributed by atoms with Crippen LogP contribution in [0.1, 0.15) is 0 Å². The fourth-order valence-corrected chi connectivity index (χ4v) is 1.34. The van der Waals surface area contributed by atoms with Crippen LogP contribution in [0, 0.1) is 0 Å². The van der Waals surface area contributed by atoms with Gasteiger partial charge in [-0.1, -0.05) is 0 Å². The van der Waals surface area contributed by atoms with E-state index < -0.39 is 0 Å². The lowest BCUT2D eigenvalue weighted by molar-refractivity contribution is -0.0971. The topological polar surface area (TPSA) is 59.3 Å². The molecule has 4 heteroatoms. The maximum Gasteiger partial charge on any atom is 0.105 e. The monoisotopic (exact) mass is 159 g/mol. The molecular formula is C7H17N3O. The average Bonchev–Trinajstić information content (AvgIpc) is 2.07. The van der Waals surface area contributed by atoms with Crippen LogP contribution in [-0.4, -0.2) is 45.4 Å². The van der Waals surface area contributed by atoms with Crippen LogP contribution in [0.25, 0.3) is 0 Å². The lowest BCUT2D eigenvalue weighted by Crippen LogP contribution is -2.68. The van der Waals surface area contributed by atoms with Gasteiger partial charge >= 0.3 is 0 Å². The maximum atomic E-state index is 5.58. The molecule has 0 aromatic carbocycles. The van der Waals surface area contributed by atoms with E-state index in [2.05, 4.69) is 16.4 Å². The van der Waals surface area contributed by atoms with Gasteiger partial charge in [0.1, 0.15) is 5.60 Å². The minimum atomic E-state index is 0.179. The Kier molecular flexibility index (Phi) is 3.26. The fourth-order valence-electron chi connectivity index (χ4n) is 1.34. The molecule has 0 amide bonds. The first-order valence-electron chi connectivity index (χ1n) is 4.05. The van der Waals surface area contributed by atoms with Crippen molar-refractivity contribution in [3.63, 3.8) is 0 Å². The standard InChI is InChI=1S/C6H12N2O.CH5N/c1-2-9-6(3-7-1)4-8-5-6;1-2/h7-8H,1-5H2;2H2,1H3. The molecular weight excluding hydrogens is 142 g/mol. The molecule has 0 aliphatic carbocycles. The highest BCUT2D eigenvalue weighted by Gasteiger charge is 2.39. The van der Waals surface area contributed by atoms with Gasteiger partial charge in [0.25, 0.3) is 0 Å². The van der Waals surface area contributed by atoms with Gasteiger partial charge < -0.3 is 21.1 Å². The van der Waals surface area contributed by atoms with Crippen LogP contribution in [0.5, 0.6) is 0 Å². The summed E-state index contributed by atoms with van der Waals surface area (Å²) in [5, 5.41) is 6.52. The van der Waals surface area contributed by atoms with Gasteiger partial charge in [-0.25, -0.2) is 0 Å². The third-order valence-corrected chi connectivity index (χ3v) is 2.03. The average molecular weight is 159 g/mol. The van der Waals surface area contributed by atoms with E-state index in [4.69, 9.17) is 4.74 Å². The summed E-state index contributed by atoms with van der Waals surface area (Å²) in [5.41, 5.74) is 4.68. The molecule has 0 aromatic rings. The molecule has 2 aliphatic rings. The number of hydrogen-bond acceptors (Lipinski definition) is 4. The van der Waals surface area contributed by atoms with E-state index in [1.807, 2.05) is 0 Å². The second-order valence-corrected chi connectivity index (χ2v) is 2.81. The quantitative estimate of drug-likeness (QED) is 0.403. The summed E-state index contributed by atoms with van der Waals surface area (Å²) in [4.78, 5) is 0. The van der Waals surface area contributed by atoms with E-state index in [9.17, 15) is 0 Å². The van der Waals surface area contributed by atoms with E-state index in [0.29, 0.717) is 0 Å². The van der Waals surface area contributed by atoms with Gasteiger partial charge in [-0.3, -0.25) is 0 Å². The van der Waals surface area contributed by atoms with Gasteiger partial charge in [-0.2, -0.15) is 0 Å². The Labute approximate surface area is 67.5 Å². The zero-order valence-corrected chi connectivity index (χ0v) is 7.02. The Morgan fingerprint density at radius 2 is 1.82 bits per heavy atom. The lowest BCUT2D eigenvalue weighted by atomic mass is 9.96. The summed E-state index contributed by atoms with van der Waals surface area (Å²) in [6.45, 7) is 4.98. The summed E-state index contributed by atoms with van der Waals surface area (Å²) in [7, 11) is 1.50. The summed E-state index contributed by atoms with van der Waals surface area (Å²) >= 11 is 0. The van der Waals surface area contributed by atoms with Crippen LogP contribution >= 0.6 is 0 Å². The smallest absolute Gasteiger partial charge is 0.105 e. The number of nitrogens with two attached hydrogens (primary N) is 1. The molecule has 2 rings (SSSR count). The second-order valence-electron chi connectivity index (χ2n) is 2.81. The molecule has 0 bridgehead atoms. The lowest BCUT2D eigenvalue weighted by Gasteiger charge is -2.45. The van der Waals surface area contributed by atoms with Crippen molar-refractivity contribution in [2.24, 2.45) is 5.73 Å². The molecule has 2 fully saturated rings. The third-order valence-electron chi connectivity index (χ3n) is 2.03. The van der Waals surface area contributed by atoms with E-state index >= 15 is 0 Å². The summed E-state index contributed by atoms with van der Waals surface area (Å²) in [6.07, 6.45) is 0. The van der Waals surface area contributed by atoms with Crippen molar-refractivity contribution < 1.29 is 4.74 Å². The zero-order valence-electron chi connectivity index (χ0n) is 7.02. The second kappa shape index (κ2) is 4.01. The summed E-state index contributed by atoms with van der Waals surface area (Å²) in [6, 6.07) is 0. The van der Waals surface area contributed by atoms with Crippen molar-refractivity contribution in [2.45, 2.75) is 5.60 Å². The number of rotatable bonds is 0. The van der Waals surface area contributed by atoms with Crippen molar-refractivity contribution in [1.29, 1.82) is 0 Å². The molecule has 4 nitrogen and oxygen atoms in total. The van der Waals surface area contributed by atoms with Crippen molar-refractivity contribution in [1.82, 2.24) is 10.6 Å². The van der Waals surface area contributed by atoms with Crippen molar-refractivity contribution in [3.05, 3.63) is 0 Å². The summed E-state index contributed by atoms with van der Waals surface area (Å²) < 4.78 is 5.58. The molecule has 2 aliphatic heterocycles. The molecule has 0 aromatic heterocycles.